The molecule has 0 aliphatic carbocycles. The summed E-state index contributed by atoms with van der Waals surface area (Å²) >= 11 is 5.89. The Morgan fingerprint density at radius 2 is 1.94 bits per heavy atom. The van der Waals surface area contributed by atoms with Gasteiger partial charge in [0.25, 0.3) is 0 Å². The SMILES string of the molecule is CCOc1cc(/C=C(/C#N)c2nc3ccc(OC)cc3[nH]2)cc(Br)c1OCc1ccc(I)cc1. The third-order valence-corrected chi connectivity index (χ3v) is 6.31. The molecule has 0 saturated carbocycles. The van der Waals surface area contributed by atoms with Gasteiger partial charge in [0.05, 0.1) is 34.8 Å². The quantitative estimate of drug-likeness (QED) is 0.168. The average molecular weight is 630 g/mol. The molecule has 0 fully saturated rings. The normalized spacial score (nSPS) is 11.3. The second-order valence-corrected chi connectivity index (χ2v) is 9.42. The number of nitrogens with zero attached hydrogens (tertiary/aromatic N) is 2. The Morgan fingerprint density at radius 3 is 2.65 bits per heavy atom. The summed E-state index contributed by atoms with van der Waals surface area (Å²) in [4.78, 5) is 7.75. The minimum atomic E-state index is 0.400. The lowest BCUT2D eigenvalue weighted by Gasteiger charge is -2.15. The molecule has 0 saturated heterocycles. The Bertz CT molecular complexity index is 1390. The van der Waals surface area contributed by atoms with Crippen LogP contribution in [0.5, 0.6) is 17.2 Å². The number of methoxy groups -OCH3 is 1. The van der Waals surface area contributed by atoms with Crippen molar-refractivity contribution in [2.75, 3.05) is 13.7 Å². The van der Waals surface area contributed by atoms with Crippen LogP contribution in [0.4, 0.5) is 0 Å². The second kappa shape index (κ2) is 10.9. The van der Waals surface area contributed by atoms with Gasteiger partial charge in [-0.3, -0.25) is 0 Å². The number of hydrogen-bond acceptors (Lipinski definition) is 5. The van der Waals surface area contributed by atoms with Crippen LogP contribution in [0.15, 0.2) is 59.1 Å². The van der Waals surface area contributed by atoms with Crippen LogP contribution in [0.1, 0.15) is 23.9 Å². The van der Waals surface area contributed by atoms with Gasteiger partial charge in [0.1, 0.15) is 24.3 Å². The molecular formula is C26H21BrIN3O3. The Labute approximate surface area is 219 Å². The number of nitriles is 1. The van der Waals surface area contributed by atoms with Gasteiger partial charge >= 0.3 is 0 Å². The fourth-order valence-corrected chi connectivity index (χ4v) is 4.31. The molecule has 172 valence electrons. The van der Waals surface area contributed by atoms with Gasteiger partial charge < -0.3 is 19.2 Å². The molecule has 0 aliphatic rings. The highest BCUT2D eigenvalue weighted by molar-refractivity contribution is 14.1. The molecule has 1 heterocycles. The maximum absolute atomic E-state index is 9.82. The van der Waals surface area contributed by atoms with E-state index < -0.39 is 0 Å². The molecule has 34 heavy (non-hydrogen) atoms. The largest absolute Gasteiger partial charge is 0.497 e. The summed E-state index contributed by atoms with van der Waals surface area (Å²) in [5.41, 5.74) is 3.80. The van der Waals surface area contributed by atoms with E-state index in [9.17, 15) is 5.26 Å². The van der Waals surface area contributed by atoms with Crippen LogP contribution in [0.3, 0.4) is 0 Å². The van der Waals surface area contributed by atoms with Crippen molar-refractivity contribution in [2.45, 2.75) is 13.5 Å². The number of aromatic amines is 1. The van der Waals surface area contributed by atoms with Crippen LogP contribution in [0, 0.1) is 14.9 Å². The summed E-state index contributed by atoms with van der Waals surface area (Å²) in [6, 6.07) is 19.7. The third kappa shape index (κ3) is 5.54. The summed E-state index contributed by atoms with van der Waals surface area (Å²) in [5, 5.41) is 9.82. The molecule has 4 aromatic rings. The first-order chi connectivity index (χ1) is 16.5. The van der Waals surface area contributed by atoms with E-state index in [1.165, 1.54) is 3.57 Å². The summed E-state index contributed by atoms with van der Waals surface area (Å²) < 4.78 is 19.1. The molecule has 0 bridgehead atoms. The van der Waals surface area contributed by atoms with Crippen molar-refractivity contribution in [3.05, 3.63) is 79.6 Å². The summed E-state index contributed by atoms with van der Waals surface area (Å²) in [5.74, 6) is 2.42. The molecule has 0 unspecified atom stereocenters. The number of aromatic nitrogens is 2. The minimum absolute atomic E-state index is 0.400. The highest BCUT2D eigenvalue weighted by atomic mass is 127. The highest BCUT2D eigenvalue weighted by Crippen LogP contribution is 2.38. The van der Waals surface area contributed by atoms with E-state index >= 15 is 0 Å². The second-order valence-electron chi connectivity index (χ2n) is 7.32. The number of nitrogens with one attached hydrogen (secondary N) is 1. The molecular weight excluding hydrogens is 609 g/mol. The van der Waals surface area contributed by atoms with E-state index in [1.807, 2.05) is 61.5 Å². The molecule has 0 radical (unpaired) electrons. The van der Waals surface area contributed by atoms with Gasteiger partial charge in [-0.15, -0.1) is 0 Å². The van der Waals surface area contributed by atoms with Crippen LogP contribution in [0.25, 0.3) is 22.7 Å². The minimum Gasteiger partial charge on any atom is -0.497 e. The third-order valence-electron chi connectivity index (χ3n) is 5.00. The number of hydrogen-bond donors (Lipinski definition) is 1. The van der Waals surface area contributed by atoms with Crippen LogP contribution < -0.4 is 14.2 Å². The van der Waals surface area contributed by atoms with E-state index in [0.29, 0.717) is 36.1 Å². The number of benzene rings is 3. The number of imidazole rings is 1. The molecule has 8 heteroatoms. The Kier molecular flexibility index (Phi) is 7.75. The van der Waals surface area contributed by atoms with E-state index in [2.05, 4.69) is 54.6 Å². The fourth-order valence-electron chi connectivity index (χ4n) is 3.37. The van der Waals surface area contributed by atoms with Gasteiger partial charge in [-0.2, -0.15) is 5.26 Å². The zero-order chi connectivity index (χ0) is 24.1. The number of ether oxygens (including phenoxy) is 3. The Morgan fingerprint density at radius 1 is 1.15 bits per heavy atom. The Hall–Kier alpha value is -3.03. The summed E-state index contributed by atoms with van der Waals surface area (Å²) in [6.07, 6.45) is 1.77. The first-order valence-corrected chi connectivity index (χ1v) is 12.4. The van der Waals surface area contributed by atoms with Crippen molar-refractivity contribution >= 4 is 61.2 Å². The van der Waals surface area contributed by atoms with Crippen molar-refractivity contribution in [3.63, 3.8) is 0 Å². The predicted octanol–water partition coefficient (Wildman–Crippen LogP) is 6.98. The first-order valence-electron chi connectivity index (χ1n) is 10.5. The van der Waals surface area contributed by atoms with Crippen LogP contribution >= 0.6 is 38.5 Å². The lowest BCUT2D eigenvalue weighted by molar-refractivity contribution is 0.267. The standard InChI is InChI=1S/C26H21BrIN3O3/c1-3-33-24-12-17(11-21(27)25(24)34-15-16-4-6-19(28)7-5-16)10-18(14-29)26-30-22-9-8-20(32-2)13-23(22)31-26/h4-13H,3,15H2,1-2H3,(H,30,31)/b18-10-. The number of allylic oxidation sites excluding steroid dienone is 1. The van der Waals surface area contributed by atoms with Gasteiger partial charge in [-0.05, 0) is 99.0 Å². The van der Waals surface area contributed by atoms with Crippen molar-refractivity contribution in [2.24, 2.45) is 0 Å². The smallest absolute Gasteiger partial charge is 0.175 e. The number of H-pyrrole nitrogens is 1. The molecule has 0 spiro atoms. The van der Waals surface area contributed by atoms with Crippen LogP contribution in [0.2, 0.25) is 0 Å². The maximum atomic E-state index is 9.82. The molecule has 1 N–H and O–H groups in total. The fraction of sp³-hybridized carbons (Fsp3) is 0.154. The molecule has 0 amide bonds. The van der Waals surface area contributed by atoms with Crippen molar-refractivity contribution in [1.82, 2.24) is 9.97 Å². The van der Waals surface area contributed by atoms with E-state index in [0.717, 1.165) is 32.4 Å². The summed E-state index contributed by atoms with van der Waals surface area (Å²) in [6.45, 7) is 2.81. The molecule has 1 aromatic heterocycles. The number of fused-ring (bicyclic) bond motifs is 1. The summed E-state index contributed by atoms with van der Waals surface area (Å²) in [7, 11) is 1.61. The maximum Gasteiger partial charge on any atom is 0.175 e. The van der Waals surface area contributed by atoms with Crippen molar-refractivity contribution in [1.29, 1.82) is 5.26 Å². The van der Waals surface area contributed by atoms with Crippen LogP contribution in [-0.2, 0) is 6.61 Å². The predicted molar refractivity (Wildman–Crippen MR) is 145 cm³/mol. The average Bonchev–Trinajstić information content (AvgIpc) is 3.26. The number of halogens is 2. The topological polar surface area (TPSA) is 80.2 Å². The van der Waals surface area contributed by atoms with Gasteiger partial charge in [0.2, 0.25) is 0 Å². The lowest BCUT2D eigenvalue weighted by Crippen LogP contribution is -2.01. The monoisotopic (exact) mass is 629 g/mol. The van der Waals surface area contributed by atoms with E-state index in [4.69, 9.17) is 14.2 Å². The molecule has 6 nitrogen and oxygen atoms in total. The van der Waals surface area contributed by atoms with Crippen molar-refractivity contribution in [3.8, 4) is 23.3 Å². The highest BCUT2D eigenvalue weighted by Gasteiger charge is 2.14. The molecule has 4 rings (SSSR count). The number of rotatable bonds is 8. The van der Waals surface area contributed by atoms with Crippen molar-refractivity contribution < 1.29 is 14.2 Å². The Balaban J connectivity index is 1.65. The van der Waals surface area contributed by atoms with Crippen LogP contribution in [-0.4, -0.2) is 23.7 Å². The van der Waals surface area contributed by atoms with Gasteiger partial charge in [-0.25, -0.2) is 4.98 Å². The van der Waals surface area contributed by atoms with E-state index in [1.54, 1.807) is 13.2 Å². The van der Waals surface area contributed by atoms with E-state index in [-0.39, 0.29) is 0 Å². The zero-order valence-corrected chi connectivity index (χ0v) is 22.3. The zero-order valence-electron chi connectivity index (χ0n) is 18.6. The van der Waals surface area contributed by atoms with Gasteiger partial charge in [-0.1, -0.05) is 12.1 Å². The first kappa shape index (κ1) is 24.1. The molecule has 0 atom stereocenters. The van der Waals surface area contributed by atoms with Gasteiger partial charge in [0, 0.05) is 9.64 Å². The molecule has 0 aliphatic heterocycles. The van der Waals surface area contributed by atoms with Gasteiger partial charge in [0.15, 0.2) is 11.5 Å². The molecule has 3 aromatic carbocycles. The lowest BCUT2D eigenvalue weighted by atomic mass is 10.1.